The first kappa shape index (κ1) is 17.5. The third kappa shape index (κ3) is 5.09. The second-order valence-electron chi connectivity index (χ2n) is 7.94. The standard InChI is InChI=1S/C19H34Si/c1-15(2)12-20(13-16(3)4,14-17(5)6)19-10-8-18(7)9-11-19/h8-11,15-17H,12-14H2,1-7H3. The average molecular weight is 291 g/mol. The van der Waals surface area contributed by atoms with Crippen molar-refractivity contribution in [3.63, 3.8) is 0 Å². The molecule has 0 saturated carbocycles. The van der Waals surface area contributed by atoms with Gasteiger partial charge in [-0.1, -0.05) is 94.7 Å². The third-order valence-electron chi connectivity index (χ3n) is 4.06. The van der Waals surface area contributed by atoms with Gasteiger partial charge in [0.1, 0.15) is 0 Å². The summed E-state index contributed by atoms with van der Waals surface area (Å²) in [5.41, 5.74) is 1.38. The van der Waals surface area contributed by atoms with Crippen molar-refractivity contribution in [1.29, 1.82) is 0 Å². The van der Waals surface area contributed by atoms with Crippen molar-refractivity contribution >= 4 is 13.3 Å². The van der Waals surface area contributed by atoms with Crippen molar-refractivity contribution in [2.75, 3.05) is 0 Å². The molecule has 0 spiro atoms. The highest BCUT2D eigenvalue weighted by Crippen LogP contribution is 2.32. The predicted molar refractivity (Wildman–Crippen MR) is 95.5 cm³/mol. The lowest BCUT2D eigenvalue weighted by Crippen LogP contribution is -2.50. The van der Waals surface area contributed by atoms with Gasteiger partial charge in [0.05, 0.1) is 8.07 Å². The maximum absolute atomic E-state index is 2.44. The summed E-state index contributed by atoms with van der Waals surface area (Å²) < 4.78 is 0. The van der Waals surface area contributed by atoms with Crippen LogP contribution in [0, 0.1) is 24.7 Å². The van der Waals surface area contributed by atoms with Crippen LogP contribution in [0.5, 0.6) is 0 Å². The number of aryl methyl sites for hydroxylation is 1. The molecule has 0 amide bonds. The minimum atomic E-state index is -1.38. The summed E-state index contributed by atoms with van der Waals surface area (Å²) in [6, 6.07) is 13.8. The van der Waals surface area contributed by atoms with Crippen LogP contribution < -0.4 is 5.19 Å². The van der Waals surface area contributed by atoms with Crippen molar-refractivity contribution in [1.82, 2.24) is 0 Å². The molecule has 0 aromatic heterocycles. The molecule has 0 nitrogen and oxygen atoms in total. The first-order valence-electron chi connectivity index (χ1n) is 8.32. The topological polar surface area (TPSA) is 0 Å². The maximum atomic E-state index is 2.44. The molecule has 0 saturated heterocycles. The van der Waals surface area contributed by atoms with Gasteiger partial charge in [0, 0.05) is 0 Å². The normalized spacial score (nSPS) is 12.7. The SMILES string of the molecule is Cc1ccc([Si](CC(C)C)(CC(C)C)CC(C)C)cc1. The first-order valence-corrected chi connectivity index (χ1v) is 10.9. The third-order valence-corrected chi connectivity index (χ3v) is 10.4. The molecule has 0 aliphatic heterocycles. The Morgan fingerprint density at radius 1 is 0.700 bits per heavy atom. The van der Waals surface area contributed by atoms with Crippen LogP contribution in [0.2, 0.25) is 18.1 Å². The molecule has 0 fully saturated rings. The Bertz CT molecular complexity index is 360. The van der Waals surface area contributed by atoms with Crippen LogP contribution in [0.15, 0.2) is 24.3 Å². The molecule has 114 valence electrons. The molecule has 0 unspecified atom stereocenters. The number of hydrogen-bond donors (Lipinski definition) is 0. The van der Waals surface area contributed by atoms with E-state index in [-0.39, 0.29) is 0 Å². The van der Waals surface area contributed by atoms with Gasteiger partial charge in [-0.05, 0) is 24.7 Å². The number of hydrogen-bond acceptors (Lipinski definition) is 0. The molecule has 0 aliphatic carbocycles. The molecule has 0 radical (unpaired) electrons. The smallest absolute Gasteiger partial charge is 0.0630 e. The summed E-state index contributed by atoms with van der Waals surface area (Å²) in [4.78, 5) is 0. The highest BCUT2D eigenvalue weighted by molar-refractivity contribution is 6.92. The Morgan fingerprint density at radius 3 is 1.35 bits per heavy atom. The van der Waals surface area contributed by atoms with Gasteiger partial charge in [0.2, 0.25) is 0 Å². The fourth-order valence-corrected chi connectivity index (χ4v) is 10.6. The largest absolute Gasteiger partial charge is 0.0874 e. The molecule has 1 aromatic rings. The number of benzene rings is 1. The fraction of sp³-hybridized carbons (Fsp3) is 0.684. The van der Waals surface area contributed by atoms with Gasteiger partial charge in [0.15, 0.2) is 0 Å². The van der Waals surface area contributed by atoms with Gasteiger partial charge in [-0.15, -0.1) is 0 Å². The van der Waals surface area contributed by atoms with E-state index in [2.05, 4.69) is 72.7 Å². The van der Waals surface area contributed by atoms with E-state index in [9.17, 15) is 0 Å². The molecular weight excluding hydrogens is 256 g/mol. The highest BCUT2D eigenvalue weighted by Gasteiger charge is 2.36. The van der Waals surface area contributed by atoms with Crippen LogP contribution in [0.25, 0.3) is 0 Å². The van der Waals surface area contributed by atoms with E-state index in [0.717, 1.165) is 17.8 Å². The quantitative estimate of drug-likeness (QED) is 0.572. The van der Waals surface area contributed by atoms with E-state index in [0.29, 0.717) is 0 Å². The van der Waals surface area contributed by atoms with Crippen molar-refractivity contribution in [2.45, 2.75) is 66.6 Å². The average Bonchev–Trinajstić information content (AvgIpc) is 2.26. The zero-order valence-electron chi connectivity index (χ0n) is 14.7. The monoisotopic (exact) mass is 290 g/mol. The van der Waals surface area contributed by atoms with Crippen molar-refractivity contribution in [3.8, 4) is 0 Å². The predicted octanol–water partition coefficient (Wildman–Crippen LogP) is 5.62. The van der Waals surface area contributed by atoms with Crippen molar-refractivity contribution < 1.29 is 0 Å². The molecule has 0 N–H and O–H groups in total. The Hall–Kier alpha value is -0.563. The second-order valence-corrected chi connectivity index (χ2v) is 12.3. The lowest BCUT2D eigenvalue weighted by Gasteiger charge is -2.37. The molecule has 1 rings (SSSR count). The lowest BCUT2D eigenvalue weighted by atomic mass is 10.2. The lowest BCUT2D eigenvalue weighted by molar-refractivity contribution is 0.649. The van der Waals surface area contributed by atoms with Crippen LogP contribution in [0.1, 0.15) is 47.1 Å². The van der Waals surface area contributed by atoms with E-state index in [1.54, 1.807) is 5.19 Å². The van der Waals surface area contributed by atoms with Crippen molar-refractivity contribution in [3.05, 3.63) is 29.8 Å². The minimum absolute atomic E-state index is 0.806. The van der Waals surface area contributed by atoms with E-state index >= 15 is 0 Å². The summed E-state index contributed by atoms with van der Waals surface area (Å²) in [5, 5.41) is 1.69. The fourth-order valence-electron chi connectivity index (χ4n) is 3.86. The van der Waals surface area contributed by atoms with Crippen LogP contribution in [-0.4, -0.2) is 8.07 Å². The first-order chi connectivity index (χ1) is 9.25. The Kier molecular flexibility index (Phi) is 6.51. The molecule has 0 aliphatic rings. The molecule has 1 aromatic carbocycles. The van der Waals surface area contributed by atoms with Crippen LogP contribution >= 0.6 is 0 Å². The van der Waals surface area contributed by atoms with Crippen LogP contribution in [-0.2, 0) is 0 Å². The summed E-state index contributed by atoms with van der Waals surface area (Å²) in [6.45, 7) is 16.6. The highest BCUT2D eigenvalue weighted by atomic mass is 28.3. The van der Waals surface area contributed by atoms with Gasteiger partial charge in [-0.2, -0.15) is 0 Å². The maximum Gasteiger partial charge on any atom is 0.0874 e. The molecule has 20 heavy (non-hydrogen) atoms. The van der Waals surface area contributed by atoms with Gasteiger partial charge in [-0.3, -0.25) is 0 Å². The zero-order valence-corrected chi connectivity index (χ0v) is 15.7. The molecule has 0 atom stereocenters. The summed E-state index contributed by atoms with van der Waals surface area (Å²) in [5.74, 6) is 2.42. The van der Waals surface area contributed by atoms with E-state index in [4.69, 9.17) is 0 Å². The van der Waals surface area contributed by atoms with Gasteiger partial charge in [-0.25, -0.2) is 0 Å². The van der Waals surface area contributed by atoms with Gasteiger partial charge < -0.3 is 0 Å². The molecule has 0 bridgehead atoms. The Labute approximate surface area is 128 Å². The minimum Gasteiger partial charge on any atom is -0.0630 e. The van der Waals surface area contributed by atoms with E-state index < -0.39 is 8.07 Å². The molecule has 1 heteroatoms. The Morgan fingerprint density at radius 2 is 1.05 bits per heavy atom. The van der Waals surface area contributed by atoms with Gasteiger partial charge in [0.25, 0.3) is 0 Å². The Balaban J connectivity index is 3.22. The molecular formula is C19H34Si. The second kappa shape index (κ2) is 7.45. The van der Waals surface area contributed by atoms with Crippen molar-refractivity contribution in [2.24, 2.45) is 17.8 Å². The summed E-state index contributed by atoms with van der Waals surface area (Å²) >= 11 is 0. The van der Waals surface area contributed by atoms with Gasteiger partial charge >= 0.3 is 0 Å². The van der Waals surface area contributed by atoms with E-state index in [1.807, 2.05) is 0 Å². The van der Waals surface area contributed by atoms with E-state index in [1.165, 1.54) is 23.7 Å². The summed E-state index contributed by atoms with van der Waals surface area (Å²) in [7, 11) is -1.38. The van der Waals surface area contributed by atoms with Crippen LogP contribution in [0.3, 0.4) is 0 Å². The number of rotatable bonds is 7. The zero-order chi connectivity index (χ0) is 15.3. The molecule has 0 heterocycles. The summed E-state index contributed by atoms with van der Waals surface area (Å²) in [6.07, 6.45) is 0. The van der Waals surface area contributed by atoms with Crippen LogP contribution in [0.4, 0.5) is 0 Å².